The van der Waals surface area contributed by atoms with Gasteiger partial charge in [-0.15, -0.1) is 11.3 Å². The van der Waals surface area contributed by atoms with E-state index in [4.69, 9.17) is 4.74 Å². The number of likely N-dealkylation sites (N-methyl/N-ethyl adjacent to an activating group) is 1. The highest BCUT2D eigenvalue weighted by atomic mass is 32.1. The van der Waals surface area contributed by atoms with Gasteiger partial charge in [0.25, 0.3) is 0 Å². The third kappa shape index (κ3) is 4.63. The zero-order valence-corrected chi connectivity index (χ0v) is 14.1. The molecule has 1 atom stereocenters. The van der Waals surface area contributed by atoms with Gasteiger partial charge in [0.1, 0.15) is 0 Å². The highest BCUT2D eigenvalue weighted by Crippen LogP contribution is 2.12. The van der Waals surface area contributed by atoms with Crippen LogP contribution in [0.15, 0.2) is 36.0 Å². The Morgan fingerprint density at radius 2 is 2.43 bits per heavy atom. The third-order valence-corrected chi connectivity index (χ3v) is 4.79. The first-order chi connectivity index (χ1) is 11.2. The van der Waals surface area contributed by atoms with Gasteiger partial charge in [-0.05, 0) is 17.5 Å². The van der Waals surface area contributed by atoms with Gasteiger partial charge in [0.05, 0.1) is 32.3 Å². The minimum atomic E-state index is 0.0825. The number of carbonyl (C=O) groups excluding carboxylic acids is 1. The molecule has 0 N–H and O–H groups in total. The number of hydrogen-bond donors (Lipinski definition) is 0. The number of aromatic nitrogens is 2. The Hall–Kier alpha value is -1.70. The van der Waals surface area contributed by atoms with Crippen molar-refractivity contribution in [1.29, 1.82) is 0 Å². The van der Waals surface area contributed by atoms with Crippen molar-refractivity contribution in [2.75, 3.05) is 33.3 Å². The van der Waals surface area contributed by atoms with Crippen molar-refractivity contribution in [1.82, 2.24) is 19.6 Å². The van der Waals surface area contributed by atoms with Gasteiger partial charge in [-0.3, -0.25) is 14.4 Å². The van der Waals surface area contributed by atoms with Crippen LogP contribution >= 0.6 is 11.3 Å². The molecule has 3 rings (SSSR count). The van der Waals surface area contributed by atoms with Crippen molar-refractivity contribution < 1.29 is 9.53 Å². The van der Waals surface area contributed by atoms with Crippen molar-refractivity contribution in [2.45, 2.75) is 19.2 Å². The van der Waals surface area contributed by atoms with Gasteiger partial charge in [0.15, 0.2) is 0 Å². The van der Waals surface area contributed by atoms with Crippen molar-refractivity contribution in [3.05, 3.63) is 40.8 Å². The van der Waals surface area contributed by atoms with Crippen molar-refractivity contribution >= 4 is 17.2 Å². The fourth-order valence-corrected chi connectivity index (χ4v) is 3.45. The molecule has 1 amide bonds. The average Bonchev–Trinajstić information content (AvgIpc) is 3.21. The molecule has 0 saturated carbocycles. The largest absolute Gasteiger partial charge is 0.374 e. The summed E-state index contributed by atoms with van der Waals surface area (Å²) in [4.78, 5) is 17.6. The first-order valence-electron chi connectivity index (χ1n) is 7.78. The van der Waals surface area contributed by atoms with Crippen molar-refractivity contribution in [3.63, 3.8) is 0 Å². The van der Waals surface area contributed by atoms with Gasteiger partial charge in [0.2, 0.25) is 5.91 Å². The molecule has 124 valence electrons. The Labute approximate surface area is 140 Å². The Morgan fingerprint density at radius 3 is 3.17 bits per heavy atom. The fourth-order valence-electron chi connectivity index (χ4n) is 2.69. The van der Waals surface area contributed by atoms with Crippen LogP contribution in [0.3, 0.4) is 0 Å². The summed E-state index contributed by atoms with van der Waals surface area (Å²) in [6, 6.07) is 5.98. The maximum atomic E-state index is 12.4. The predicted molar refractivity (Wildman–Crippen MR) is 89.2 cm³/mol. The molecule has 2 aromatic rings. The smallest absolute Gasteiger partial charge is 0.236 e. The van der Waals surface area contributed by atoms with E-state index in [2.05, 4.69) is 16.1 Å². The van der Waals surface area contributed by atoms with Crippen LogP contribution in [0.4, 0.5) is 0 Å². The first-order valence-corrected chi connectivity index (χ1v) is 8.66. The second-order valence-electron chi connectivity index (χ2n) is 5.79. The van der Waals surface area contributed by atoms with Crippen LogP contribution in [0.5, 0.6) is 0 Å². The van der Waals surface area contributed by atoms with E-state index in [1.54, 1.807) is 22.4 Å². The number of thiophene rings is 1. The van der Waals surface area contributed by atoms with Crippen LogP contribution in [0.25, 0.3) is 0 Å². The summed E-state index contributed by atoms with van der Waals surface area (Å²) in [5, 5.41) is 6.25. The van der Waals surface area contributed by atoms with Gasteiger partial charge in [0, 0.05) is 37.4 Å². The summed E-state index contributed by atoms with van der Waals surface area (Å²) in [7, 11) is 1.86. The lowest BCUT2D eigenvalue weighted by molar-refractivity contribution is -0.133. The molecule has 0 radical (unpaired) electrons. The molecule has 1 fully saturated rings. The molecule has 3 heterocycles. The van der Waals surface area contributed by atoms with E-state index in [-0.39, 0.29) is 12.0 Å². The number of ether oxygens (including phenoxy) is 1. The number of hydrogen-bond acceptors (Lipinski definition) is 5. The van der Waals surface area contributed by atoms with Crippen LogP contribution in [0, 0.1) is 0 Å². The van der Waals surface area contributed by atoms with Gasteiger partial charge in [-0.25, -0.2) is 0 Å². The molecule has 0 aliphatic carbocycles. The van der Waals surface area contributed by atoms with Gasteiger partial charge in [-0.1, -0.05) is 6.07 Å². The summed E-state index contributed by atoms with van der Waals surface area (Å²) in [5.74, 6) is 0.151. The number of rotatable bonds is 6. The topological polar surface area (TPSA) is 50.6 Å². The molecule has 0 unspecified atom stereocenters. The lowest BCUT2D eigenvalue weighted by atomic mass is 10.2. The summed E-state index contributed by atoms with van der Waals surface area (Å²) in [5.41, 5.74) is 0. The second kappa shape index (κ2) is 7.72. The fraction of sp³-hybridized carbons (Fsp3) is 0.500. The minimum absolute atomic E-state index is 0.0825. The maximum absolute atomic E-state index is 12.4. The van der Waals surface area contributed by atoms with E-state index in [1.807, 2.05) is 35.4 Å². The Bertz CT molecular complexity index is 600. The van der Waals surface area contributed by atoms with Crippen LogP contribution in [-0.2, 0) is 22.6 Å². The highest BCUT2D eigenvalue weighted by molar-refractivity contribution is 7.09. The van der Waals surface area contributed by atoms with Crippen LogP contribution in [0.2, 0.25) is 0 Å². The predicted octanol–water partition coefficient (Wildman–Crippen LogP) is 1.30. The Kier molecular flexibility index (Phi) is 5.43. The standard InChI is InChI=1S/C16H22N4O2S/c1-18(12-15-4-2-9-23-15)16(21)13-19-7-8-22-14(10-19)11-20-6-3-5-17-20/h2-6,9,14H,7-8,10-13H2,1H3/t14-/m1/s1. The SMILES string of the molecule is CN(Cc1cccs1)C(=O)CN1CCO[C@@H](Cn2cccn2)C1. The van der Waals surface area contributed by atoms with Gasteiger partial charge < -0.3 is 9.64 Å². The lowest BCUT2D eigenvalue weighted by Gasteiger charge is -2.33. The van der Waals surface area contributed by atoms with E-state index < -0.39 is 0 Å². The van der Waals surface area contributed by atoms with Crippen LogP contribution in [-0.4, -0.2) is 64.9 Å². The molecule has 1 saturated heterocycles. The average molecular weight is 334 g/mol. The van der Waals surface area contributed by atoms with Gasteiger partial charge >= 0.3 is 0 Å². The van der Waals surface area contributed by atoms with E-state index in [0.717, 1.165) is 19.6 Å². The summed E-state index contributed by atoms with van der Waals surface area (Å²) in [6.07, 6.45) is 3.78. The van der Waals surface area contributed by atoms with E-state index in [1.165, 1.54) is 4.88 Å². The molecule has 1 aliphatic rings. The van der Waals surface area contributed by atoms with Crippen LogP contribution in [0.1, 0.15) is 4.88 Å². The summed E-state index contributed by atoms with van der Waals surface area (Å²) >= 11 is 1.68. The molecule has 0 aromatic carbocycles. The van der Waals surface area contributed by atoms with E-state index in [9.17, 15) is 4.79 Å². The molecule has 0 bridgehead atoms. The molecule has 6 nitrogen and oxygen atoms in total. The molecule has 23 heavy (non-hydrogen) atoms. The Morgan fingerprint density at radius 1 is 1.52 bits per heavy atom. The minimum Gasteiger partial charge on any atom is -0.374 e. The maximum Gasteiger partial charge on any atom is 0.236 e. The highest BCUT2D eigenvalue weighted by Gasteiger charge is 2.23. The molecule has 0 spiro atoms. The summed E-state index contributed by atoms with van der Waals surface area (Å²) < 4.78 is 7.66. The Balaban J connectivity index is 1.47. The molecule has 1 aliphatic heterocycles. The van der Waals surface area contributed by atoms with Crippen molar-refractivity contribution in [2.24, 2.45) is 0 Å². The summed E-state index contributed by atoms with van der Waals surface area (Å²) in [6.45, 7) is 4.07. The number of morpholine rings is 1. The third-order valence-electron chi connectivity index (χ3n) is 3.93. The van der Waals surface area contributed by atoms with E-state index >= 15 is 0 Å². The quantitative estimate of drug-likeness (QED) is 0.799. The molecule has 2 aromatic heterocycles. The molecule has 7 heteroatoms. The molecular weight excluding hydrogens is 312 g/mol. The number of carbonyl (C=O) groups is 1. The van der Waals surface area contributed by atoms with Gasteiger partial charge in [-0.2, -0.15) is 5.10 Å². The normalized spacial score (nSPS) is 18.9. The molecular formula is C16H22N4O2S. The van der Waals surface area contributed by atoms with E-state index in [0.29, 0.717) is 19.7 Å². The monoisotopic (exact) mass is 334 g/mol. The zero-order valence-electron chi connectivity index (χ0n) is 13.3. The van der Waals surface area contributed by atoms with Crippen LogP contribution < -0.4 is 0 Å². The first kappa shape index (κ1) is 16.2. The second-order valence-corrected chi connectivity index (χ2v) is 6.82. The number of amides is 1. The zero-order chi connectivity index (χ0) is 16.1. The van der Waals surface area contributed by atoms with Crippen molar-refractivity contribution in [3.8, 4) is 0 Å². The lowest BCUT2D eigenvalue weighted by Crippen LogP contribution is -2.48. The number of nitrogens with zero attached hydrogens (tertiary/aromatic N) is 4.